The van der Waals surface area contributed by atoms with Crippen LogP contribution < -0.4 is 0 Å². The monoisotopic (exact) mass is 1360 g/mol. The summed E-state index contributed by atoms with van der Waals surface area (Å²) in [5.41, 5.74) is 25.7. The second-order valence-corrected chi connectivity index (χ2v) is 26.3. The van der Waals surface area contributed by atoms with Gasteiger partial charge in [0.05, 0.1) is 83.6 Å². The molecule has 0 fully saturated rings. The molecule has 21 rings (SSSR count). The van der Waals surface area contributed by atoms with E-state index in [1.54, 1.807) is 12.4 Å². The van der Waals surface area contributed by atoms with Crippen LogP contribution in [0.5, 0.6) is 0 Å². The zero-order valence-corrected chi connectivity index (χ0v) is 57.0. The molecule has 0 aliphatic heterocycles. The Morgan fingerprint density at radius 3 is 1.04 bits per heavy atom. The number of fused-ring (bicyclic) bond motifs is 12. The van der Waals surface area contributed by atoms with Crippen molar-refractivity contribution in [3.63, 3.8) is 0 Å². The van der Waals surface area contributed by atoms with Crippen LogP contribution in [-0.4, -0.2) is 58.1 Å². The third kappa shape index (κ3) is 10.5. The van der Waals surface area contributed by atoms with Crippen LogP contribution in [0.4, 0.5) is 0 Å². The summed E-state index contributed by atoms with van der Waals surface area (Å²) in [5.74, 6) is 1.88. The van der Waals surface area contributed by atoms with Gasteiger partial charge in [0.2, 0.25) is 0 Å². The molecule has 0 unspecified atom stereocenters. The smallest absolute Gasteiger partial charge is 0.164 e. The summed E-state index contributed by atoms with van der Waals surface area (Å²) in [7, 11) is 0. The molecule has 0 aliphatic rings. The summed E-state index contributed by atoms with van der Waals surface area (Å²) in [5, 5.41) is 7.09. The molecule has 0 atom stereocenters. The van der Waals surface area contributed by atoms with Gasteiger partial charge in [0.1, 0.15) is 0 Å². The third-order valence-electron chi connectivity index (χ3n) is 20.1. The van der Waals surface area contributed by atoms with Gasteiger partial charge in [0.25, 0.3) is 0 Å². The second kappa shape index (κ2) is 25.8. The van der Waals surface area contributed by atoms with Gasteiger partial charge in [-0.3, -0.25) is 19.9 Å². The highest BCUT2D eigenvalue weighted by Gasteiger charge is 2.24. The molecule has 10 aromatic heterocycles. The van der Waals surface area contributed by atoms with Crippen LogP contribution in [0, 0.1) is 0 Å². The molecule has 0 radical (unpaired) electrons. The first-order valence-electron chi connectivity index (χ1n) is 35.4. The number of pyridine rings is 5. The highest BCUT2D eigenvalue weighted by molar-refractivity contribution is 6.19. The standard InChI is InChI=1S/C50H32N6.C44H28N6/c1-4-15-33(16-5-1)48-52-49(34-17-6-2-7-18-34)54-50(53-48)36-19-12-22-38(31-36)56-43-29-28-35(32-41(43)47-45(56)27-14-30-51-47)39-24-13-26-44-46(39)40-23-10-11-25-42(40)55(44)37-20-8-3-9-21-37;1-2-12-30(13-3-1)49-39-18-5-4-14-33(39)43-32(15-10-19-41(43)49)29-21-22-40-34(26-29)44-42(20-11-25-47-44)50(40)31-27-37(35-16-6-8-23-45-35)48-38(28-31)36-17-7-9-24-46-36/h1-32H;1-28H. The number of hydrogen-bond donors (Lipinski definition) is 0. The first-order valence-corrected chi connectivity index (χ1v) is 35.4. The van der Waals surface area contributed by atoms with E-state index in [1.165, 1.54) is 54.7 Å². The molecule has 0 saturated carbocycles. The lowest BCUT2D eigenvalue weighted by molar-refractivity contribution is 1.07. The van der Waals surface area contributed by atoms with Crippen LogP contribution in [0.1, 0.15) is 0 Å². The Morgan fingerprint density at radius 2 is 0.557 bits per heavy atom. The lowest BCUT2D eigenvalue weighted by atomic mass is 9.98. The van der Waals surface area contributed by atoms with E-state index in [4.69, 9.17) is 29.9 Å². The number of nitrogens with zero attached hydrogens (tertiary/aromatic N) is 12. The minimum absolute atomic E-state index is 0.614. The van der Waals surface area contributed by atoms with Gasteiger partial charge in [0, 0.05) is 90.9 Å². The van der Waals surface area contributed by atoms with Gasteiger partial charge < -0.3 is 18.3 Å². The van der Waals surface area contributed by atoms with Crippen LogP contribution >= 0.6 is 0 Å². The predicted octanol–water partition coefficient (Wildman–Crippen LogP) is 22.6. The Hall–Kier alpha value is -14.6. The number of aromatic nitrogens is 12. The predicted molar refractivity (Wildman–Crippen MR) is 431 cm³/mol. The largest absolute Gasteiger partial charge is 0.309 e. The van der Waals surface area contributed by atoms with E-state index < -0.39 is 0 Å². The lowest BCUT2D eigenvalue weighted by Crippen LogP contribution is -2.01. The van der Waals surface area contributed by atoms with Crippen molar-refractivity contribution in [2.24, 2.45) is 0 Å². The molecule has 12 nitrogen and oxygen atoms in total. The Labute approximate surface area is 608 Å². The maximum atomic E-state index is 5.02. The molecule has 0 saturated heterocycles. The van der Waals surface area contributed by atoms with Crippen LogP contribution in [0.25, 0.3) is 189 Å². The molecule has 106 heavy (non-hydrogen) atoms. The van der Waals surface area contributed by atoms with E-state index in [2.05, 4.69) is 259 Å². The second-order valence-electron chi connectivity index (χ2n) is 26.3. The molecule has 21 aromatic rings. The Balaban J connectivity index is 0.000000141. The quantitative estimate of drug-likeness (QED) is 0.125. The fourth-order valence-corrected chi connectivity index (χ4v) is 15.5. The van der Waals surface area contributed by atoms with E-state index in [0.29, 0.717) is 17.5 Å². The van der Waals surface area contributed by atoms with Gasteiger partial charge >= 0.3 is 0 Å². The highest BCUT2D eigenvalue weighted by Crippen LogP contribution is 2.44. The van der Waals surface area contributed by atoms with Crippen molar-refractivity contribution in [3.8, 4) is 102 Å². The van der Waals surface area contributed by atoms with Gasteiger partial charge in [-0.1, -0.05) is 194 Å². The lowest BCUT2D eigenvalue weighted by Gasteiger charge is -2.13. The fourth-order valence-electron chi connectivity index (χ4n) is 15.5. The molecule has 0 N–H and O–H groups in total. The average molecular weight is 1360 g/mol. The summed E-state index contributed by atoms with van der Waals surface area (Å²) in [4.78, 5) is 39.1. The number of hydrogen-bond acceptors (Lipinski definition) is 8. The van der Waals surface area contributed by atoms with Crippen molar-refractivity contribution in [2.45, 2.75) is 0 Å². The molecule has 0 spiro atoms. The van der Waals surface area contributed by atoms with Crippen molar-refractivity contribution in [1.29, 1.82) is 0 Å². The van der Waals surface area contributed by atoms with E-state index in [0.717, 1.165) is 117 Å². The van der Waals surface area contributed by atoms with Crippen molar-refractivity contribution >= 4 is 87.5 Å². The maximum Gasteiger partial charge on any atom is 0.164 e. The summed E-state index contributed by atoms with van der Waals surface area (Å²) in [6, 6.07) is 118. The molecule has 10 heterocycles. The molecule has 12 heteroatoms. The van der Waals surface area contributed by atoms with Gasteiger partial charge in [-0.05, 0) is 168 Å². The molecule has 0 aliphatic carbocycles. The molecule has 11 aromatic carbocycles. The summed E-state index contributed by atoms with van der Waals surface area (Å²) < 4.78 is 9.31. The molecule has 496 valence electrons. The number of para-hydroxylation sites is 4. The average Bonchev–Trinajstić information content (AvgIpc) is 1.58. The Kier molecular flexibility index (Phi) is 14.9. The highest BCUT2D eigenvalue weighted by atomic mass is 15.0. The van der Waals surface area contributed by atoms with E-state index in [1.807, 2.05) is 122 Å². The minimum atomic E-state index is 0.614. The fraction of sp³-hybridized carbons (Fsp3) is 0. The topological polar surface area (TPSA) is 123 Å². The summed E-state index contributed by atoms with van der Waals surface area (Å²) >= 11 is 0. The molecular weight excluding hydrogens is 1300 g/mol. The zero-order chi connectivity index (χ0) is 70.0. The molecule has 0 amide bonds. The minimum Gasteiger partial charge on any atom is -0.309 e. The number of benzene rings is 11. The van der Waals surface area contributed by atoms with Gasteiger partial charge in [0.15, 0.2) is 17.5 Å². The van der Waals surface area contributed by atoms with Gasteiger partial charge in [-0.15, -0.1) is 0 Å². The van der Waals surface area contributed by atoms with E-state index in [-0.39, 0.29) is 0 Å². The summed E-state index contributed by atoms with van der Waals surface area (Å²) in [6.07, 6.45) is 7.35. The first-order chi connectivity index (χ1) is 52.6. The normalized spacial score (nSPS) is 11.6. The Bertz CT molecular complexity index is 6820. The van der Waals surface area contributed by atoms with Crippen molar-refractivity contribution in [1.82, 2.24) is 58.1 Å². The van der Waals surface area contributed by atoms with Crippen molar-refractivity contribution < 1.29 is 0 Å². The van der Waals surface area contributed by atoms with E-state index in [9.17, 15) is 0 Å². The van der Waals surface area contributed by atoms with Crippen molar-refractivity contribution in [3.05, 3.63) is 365 Å². The SMILES string of the molecule is c1ccc(-c2nc(-c3ccccc3)nc(-c3cccc(-n4c5ccc(-c6cccc7c6c6ccccc6n7-c6ccccc6)cc5c5ncccc54)c3)n2)cc1.c1ccc(-n2c3ccccc3c3c(-c4ccc5c(c4)c4ncccc4n5-c4cc(-c5ccccn5)nc(-c5ccccn5)c4)cccc32)cc1. The summed E-state index contributed by atoms with van der Waals surface area (Å²) in [6.45, 7) is 0. The van der Waals surface area contributed by atoms with E-state index >= 15 is 0 Å². The third-order valence-corrected chi connectivity index (χ3v) is 20.1. The van der Waals surface area contributed by atoms with Crippen LogP contribution in [-0.2, 0) is 0 Å². The van der Waals surface area contributed by atoms with Crippen LogP contribution in [0.2, 0.25) is 0 Å². The molecule has 0 bridgehead atoms. The maximum absolute atomic E-state index is 5.02. The number of rotatable bonds is 11. The van der Waals surface area contributed by atoms with Gasteiger partial charge in [-0.2, -0.15) is 0 Å². The zero-order valence-electron chi connectivity index (χ0n) is 57.0. The Morgan fingerprint density at radius 1 is 0.189 bits per heavy atom. The van der Waals surface area contributed by atoms with Crippen LogP contribution in [0.3, 0.4) is 0 Å². The van der Waals surface area contributed by atoms with Crippen molar-refractivity contribution in [2.75, 3.05) is 0 Å². The first kappa shape index (κ1) is 61.3. The van der Waals surface area contributed by atoms with Gasteiger partial charge in [-0.25, -0.2) is 19.9 Å². The molecular formula is C94H60N12. The van der Waals surface area contributed by atoms with Crippen LogP contribution in [0.15, 0.2) is 365 Å².